The van der Waals surface area contributed by atoms with E-state index in [1.54, 1.807) is 0 Å². The van der Waals surface area contributed by atoms with Crippen LogP contribution in [0, 0.1) is 12.0 Å². The van der Waals surface area contributed by atoms with Crippen molar-refractivity contribution in [3.8, 4) is 0 Å². The molecule has 2 aromatic rings. The maximum absolute atomic E-state index is 3.68. The van der Waals surface area contributed by atoms with Crippen LogP contribution in [0.15, 0.2) is 77.4 Å². The van der Waals surface area contributed by atoms with E-state index in [1.165, 1.54) is 40.7 Å². The maximum Gasteiger partial charge on any atom is 4.00 e. The molecule has 29 heavy (non-hydrogen) atoms. The normalized spacial score (nSPS) is 15.3. The Kier molecular flexibility index (Phi) is 14.5. The van der Waals surface area contributed by atoms with Crippen molar-refractivity contribution in [3.63, 3.8) is 0 Å². The van der Waals surface area contributed by atoms with Crippen LogP contribution in [0.4, 0.5) is 0 Å². The van der Waals surface area contributed by atoms with Gasteiger partial charge >= 0.3 is 21.7 Å². The van der Waals surface area contributed by atoms with E-state index in [1.807, 2.05) is 0 Å². The van der Waals surface area contributed by atoms with Crippen LogP contribution in [0.5, 0.6) is 0 Å². The Morgan fingerprint density at radius 2 is 1.28 bits per heavy atom. The van der Waals surface area contributed by atoms with Crippen molar-refractivity contribution < 1.29 is 58.9 Å². The smallest absolute Gasteiger partial charge is 1.00 e. The first-order valence-electron chi connectivity index (χ1n) is 9.54. The predicted octanol–water partition coefficient (Wildman–Crippen LogP) is -2.11. The standard InChI is InChI=1S/C25H29.3ClH.Ti/c1-5-6-17-25(22-13-9-7-10-14-22,23-15-11-8-12-16-23)24-20(3)18-19(2)21(24)4;;;;/h7-16,20H,5-6,17H2,1-4H3;3*1H;/q-1;;;;+4/p-3. The predicted molar refractivity (Wildman–Crippen MR) is 107 cm³/mol. The molecule has 0 spiro atoms. The zero-order valence-corrected chi connectivity index (χ0v) is 21.4. The van der Waals surface area contributed by atoms with Crippen LogP contribution < -0.4 is 37.2 Å². The number of rotatable bonds is 6. The summed E-state index contributed by atoms with van der Waals surface area (Å²) < 4.78 is 0. The first-order valence-corrected chi connectivity index (χ1v) is 9.54. The Balaban J connectivity index is 0. The summed E-state index contributed by atoms with van der Waals surface area (Å²) in [4.78, 5) is 0. The van der Waals surface area contributed by atoms with Gasteiger partial charge in [-0.25, -0.2) is 5.57 Å². The number of hydrogen-bond acceptors (Lipinski definition) is 0. The van der Waals surface area contributed by atoms with E-state index < -0.39 is 0 Å². The molecule has 0 bridgehead atoms. The van der Waals surface area contributed by atoms with Gasteiger partial charge < -0.3 is 37.2 Å². The molecule has 2 aromatic carbocycles. The van der Waals surface area contributed by atoms with Crippen molar-refractivity contribution in [1.29, 1.82) is 0 Å². The van der Waals surface area contributed by atoms with Crippen LogP contribution in [-0.2, 0) is 27.1 Å². The van der Waals surface area contributed by atoms with Crippen molar-refractivity contribution in [2.75, 3.05) is 0 Å². The molecular formula is C25H29Cl3Ti. The average molecular weight is 484 g/mol. The molecule has 0 saturated carbocycles. The zero-order valence-electron chi connectivity index (χ0n) is 17.6. The molecule has 1 unspecified atom stereocenters. The summed E-state index contributed by atoms with van der Waals surface area (Å²) in [5.41, 5.74) is 7.04. The monoisotopic (exact) mass is 482 g/mol. The average Bonchev–Trinajstić information content (AvgIpc) is 2.91. The van der Waals surface area contributed by atoms with Crippen molar-refractivity contribution in [3.05, 3.63) is 94.6 Å². The molecule has 0 amide bonds. The molecule has 0 fully saturated rings. The summed E-state index contributed by atoms with van der Waals surface area (Å²) in [5, 5.41) is 0. The van der Waals surface area contributed by atoms with Gasteiger partial charge in [0, 0.05) is 5.41 Å². The molecule has 4 heteroatoms. The van der Waals surface area contributed by atoms with Crippen molar-refractivity contribution in [2.45, 2.75) is 52.4 Å². The van der Waals surface area contributed by atoms with Crippen LogP contribution in [0.3, 0.4) is 0 Å². The summed E-state index contributed by atoms with van der Waals surface area (Å²) >= 11 is 0. The molecule has 0 saturated heterocycles. The molecule has 0 aromatic heterocycles. The molecule has 0 N–H and O–H groups in total. The second kappa shape index (κ2) is 13.7. The zero-order chi connectivity index (χ0) is 17.9. The largest absolute Gasteiger partial charge is 4.00 e. The third-order valence-electron chi connectivity index (χ3n) is 5.73. The fourth-order valence-corrected chi connectivity index (χ4v) is 4.51. The summed E-state index contributed by atoms with van der Waals surface area (Å²) in [6.07, 6.45) is 7.24. The van der Waals surface area contributed by atoms with Gasteiger partial charge in [-0.2, -0.15) is 5.57 Å². The first kappa shape index (κ1) is 30.7. The molecule has 0 nitrogen and oxygen atoms in total. The molecule has 1 aliphatic carbocycles. The minimum Gasteiger partial charge on any atom is -1.00 e. The number of hydrogen-bond donors (Lipinski definition) is 0. The Labute approximate surface area is 210 Å². The first-order chi connectivity index (χ1) is 12.1. The number of benzene rings is 2. The van der Waals surface area contributed by atoms with Gasteiger partial charge in [0.15, 0.2) is 0 Å². The quantitative estimate of drug-likeness (QED) is 0.326. The molecule has 1 atom stereocenters. The van der Waals surface area contributed by atoms with Gasteiger partial charge in [0.1, 0.15) is 0 Å². The fourth-order valence-electron chi connectivity index (χ4n) is 4.51. The number of unbranched alkanes of at least 4 members (excludes halogenated alkanes) is 1. The van der Waals surface area contributed by atoms with Crippen LogP contribution >= 0.6 is 0 Å². The van der Waals surface area contributed by atoms with Gasteiger partial charge in [-0.1, -0.05) is 100 Å². The second-order valence-electron chi connectivity index (χ2n) is 7.27. The van der Waals surface area contributed by atoms with Gasteiger partial charge in [0.05, 0.1) is 0 Å². The van der Waals surface area contributed by atoms with E-state index in [9.17, 15) is 0 Å². The minimum absolute atomic E-state index is 0. The van der Waals surface area contributed by atoms with Crippen molar-refractivity contribution >= 4 is 0 Å². The van der Waals surface area contributed by atoms with E-state index >= 15 is 0 Å². The Morgan fingerprint density at radius 3 is 1.62 bits per heavy atom. The summed E-state index contributed by atoms with van der Waals surface area (Å²) in [5.74, 6) is 0.359. The fraction of sp³-hybridized carbons (Fsp3) is 0.360. The molecule has 0 aliphatic heterocycles. The van der Waals surface area contributed by atoms with E-state index in [0.29, 0.717) is 5.92 Å². The van der Waals surface area contributed by atoms with Gasteiger partial charge in [-0.3, -0.25) is 6.08 Å². The molecule has 154 valence electrons. The Hall–Kier alpha value is -0.496. The molecule has 1 aliphatic rings. The summed E-state index contributed by atoms with van der Waals surface area (Å²) in [6, 6.07) is 22.2. The number of allylic oxidation sites excluding steroid dienone is 4. The molecule has 0 heterocycles. The third-order valence-corrected chi connectivity index (χ3v) is 5.73. The Morgan fingerprint density at radius 1 is 0.828 bits per heavy atom. The van der Waals surface area contributed by atoms with Crippen LogP contribution in [0.2, 0.25) is 0 Å². The molecule has 0 radical (unpaired) electrons. The van der Waals surface area contributed by atoms with Gasteiger partial charge in [-0.15, -0.1) is 12.5 Å². The van der Waals surface area contributed by atoms with Gasteiger partial charge in [0.25, 0.3) is 0 Å². The minimum atomic E-state index is -0.0627. The SMILES string of the molecule is CCCCC(C1=C(C)C(C)=[C-]C1C)(c1ccccc1)c1ccccc1.[Cl-].[Cl-].[Cl-].[Ti+4]. The van der Waals surface area contributed by atoms with E-state index in [2.05, 4.69) is 94.4 Å². The van der Waals surface area contributed by atoms with E-state index in [4.69, 9.17) is 0 Å². The topological polar surface area (TPSA) is 0 Å². The summed E-state index contributed by atoms with van der Waals surface area (Å²) in [7, 11) is 0. The van der Waals surface area contributed by atoms with Gasteiger partial charge in [-0.05, 0) is 17.5 Å². The third kappa shape index (κ3) is 6.02. The molecular weight excluding hydrogens is 455 g/mol. The van der Waals surface area contributed by atoms with Crippen molar-refractivity contribution in [1.82, 2.24) is 0 Å². The second-order valence-corrected chi connectivity index (χ2v) is 7.27. The van der Waals surface area contributed by atoms with E-state index in [-0.39, 0.29) is 64.4 Å². The number of halogens is 3. The van der Waals surface area contributed by atoms with Crippen molar-refractivity contribution in [2.24, 2.45) is 5.92 Å². The van der Waals surface area contributed by atoms with Crippen LogP contribution in [-0.4, -0.2) is 0 Å². The van der Waals surface area contributed by atoms with E-state index in [0.717, 1.165) is 6.42 Å². The van der Waals surface area contributed by atoms with Crippen LogP contribution in [0.1, 0.15) is 58.1 Å². The van der Waals surface area contributed by atoms with Gasteiger partial charge in [0.2, 0.25) is 0 Å². The summed E-state index contributed by atoms with van der Waals surface area (Å²) in [6.45, 7) is 9.09. The van der Waals surface area contributed by atoms with Crippen LogP contribution in [0.25, 0.3) is 0 Å². The molecule has 3 rings (SSSR count). The Bertz CT molecular complexity index is 743. The maximum atomic E-state index is 3.68.